The maximum absolute atomic E-state index is 2.38. The summed E-state index contributed by atoms with van der Waals surface area (Å²) >= 11 is 0. The first-order chi connectivity index (χ1) is 31.8. The second-order valence-electron chi connectivity index (χ2n) is 16.5. The van der Waals surface area contributed by atoms with E-state index < -0.39 is 0 Å². The summed E-state index contributed by atoms with van der Waals surface area (Å²) < 4.78 is 9.51. The fourth-order valence-corrected chi connectivity index (χ4v) is 10.3. The van der Waals surface area contributed by atoms with Gasteiger partial charge >= 0.3 is 0 Å². The van der Waals surface area contributed by atoms with E-state index >= 15 is 0 Å². The van der Waals surface area contributed by atoms with Gasteiger partial charge in [-0.1, -0.05) is 158 Å². The number of hydrogen-bond donors (Lipinski definition) is 0. The number of para-hydroxylation sites is 8. The van der Waals surface area contributed by atoms with Gasteiger partial charge in [-0.25, -0.2) is 0 Å². The highest BCUT2D eigenvalue weighted by Gasteiger charge is 2.17. The normalized spacial score (nSPS) is 11.8. The third-order valence-electron chi connectivity index (χ3n) is 13.0. The molecule has 4 nitrogen and oxygen atoms in total. The zero-order valence-corrected chi connectivity index (χ0v) is 34.9. The topological polar surface area (TPSA) is 19.7 Å². The van der Waals surface area contributed by atoms with Gasteiger partial charge in [0, 0.05) is 65.8 Å². The summed E-state index contributed by atoms with van der Waals surface area (Å²) in [5.74, 6) is 0. The van der Waals surface area contributed by atoms with Gasteiger partial charge < -0.3 is 18.3 Å². The summed E-state index contributed by atoms with van der Waals surface area (Å²) in [6.07, 6.45) is 0. The van der Waals surface area contributed by atoms with Crippen LogP contribution in [0, 0.1) is 0 Å². The van der Waals surface area contributed by atoms with Crippen LogP contribution in [0.1, 0.15) is 0 Å². The predicted octanol–water partition coefficient (Wildman–Crippen LogP) is 15.8. The van der Waals surface area contributed by atoms with Crippen LogP contribution in [-0.2, 0) is 0 Å². The van der Waals surface area contributed by atoms with Crippen LogP contribution in [0.3, 0.4) is 0 Å². The molecule has 0 fully saturated rings. The molecule has 0 saturated heterocycles. The standard InChI is InChI=1S/2C30H20N2/c2*1-5-16-27-23(12-1)24-13-2-6-17-28(24)31(27)21-10-9-11-22(20-21)32-29-18-7-3-14-25(29)26-15-4-8-19-30(26)32/h2*1-20H. The lowest BCUT2D eigenvalue weighted by Crippen LogP contribution is -1.98. The van der Waals surface area contributed by atoms with Crippen LogP contribution in [0.25, 0.3) is 110 Å². The number of fused-ring (bicyclic) bond motifs is 12. The molecule has 4 heterocycles. The molecule has 300 valence electrons. The zero-order chi connectivity index (χ0) is 42.1. The minimum absolute atomic E-state index is 1.17. The molecule has 0 amide bonds. The molecule has 0 aliphatic rings. The lowest BCUT2D eigenvalue weighted by atomic mass is 10.2. The summed E-state index contributed by atoms with van der Waals surface area (Å²) in [6.45, 7) is 0. The van der Waals surface area contributed by atoms with E-state index in [0.29, 0.717) is 0 Å². The van der Waals surface area contributed by atoms with E-state index in [2.05, 4.69) is 261 Å². The highest BCUT2D eigenvalue weighted by Crippen LogP contribution is 2.37. The average molecular weight is 817 g/mol. The van der Waals surface area contributed by atoms with Crippen molar-refractivity contribution in [3.8, 4) is 22.7 Å². The van der Waals surface area contributed by atoms with Gasteiger partial charge in [0.05, 0.1) is 44.1 Å². The van der Waals surface area contributed by atoms with Gasteiger partial charge in [-0.2, -0.15) is 0 Å². The van der Waals surface area contributed by atoms with Crippen molar-refractivity contribution in [3.05, 3.63) is 243 Å². The van der Waals surface area contributed by atoms with Crippen LogP contribution in [0.15, 0.2) is 243 Å². The minimum atomic E-state index is 1.17. The van der Waals surface area contributed by atoms with E-state index in [1.54, 1.807) is 0 Å². The van der Waals surface area contributed by atoms with Crippen molar-refractivity contribution in [1.82, 2.24) is 18.3 Å². The van der Waals surface area contributed by atoms with Crippen molar-refractivity contribution >= 4 is 87.2 Å². The SMILES string of the molecule is c1cc(-n2c3ccccc3c3ccccc32)cc(-n2c3ccccc3c3ccccc32)c1.c1cc(-n2c3ccccc3c3ccccc32)cc(-n2c3ccccc3c3ccccc32)c1. The first-order valence-electron chi connectivity index (χ1n) is 21.9. The van der Waals surface area contributed by atoms with Crippen molar-refractivity contribution in [2.45, 2.75) is 0 Å². The van der Waals surface area contributed by atoms with Gasteiger partial charge in [0.1, 0.15) is 0 Å². The number of rotatable bonds is 4. The third kappa shape index (κ3) is 5.49. The molecule has 0 unspecified atom stereocenters. The highest BCUT2D eigenvalue weighted by atomic mass is 15.0. The molecule has 14 aromatic rings. The van der Waals surface area contributed by atoms with Crippen LogP contribution in [0.2, 0.25) is 0 Å². The van der Waals surface area contributed by atoms with E-state index in [1.165, 1.54) is 110 Å². The molecule has 0 bridgehead atoms. The van der Waals surface area contributed by atoms with Crippen LogP contribution < -0.4 is 0 Å². The third-order valence-corrected chi connectivity index (χ3v) is 13.0. The molecule has 0 N–H and O–H groups in total. The fraction of sp³-hybridized carbons (Fsp3) is 0. The Kier molecular flexibility index (Phi) is 8.18. The number of benzene rings is 10. The molecule has 0 radical (unpaired) electrons. The molecule has 4 aromatic heterocycles. The Bertz CT molecular complexity index is 3360. The van der Waals surface area contributed by atoms with Gasteiger partial charge in [0.2, 0.25) is 0 Å². The van der Waals surface area contributed by atoms with Crippen molar-refractivity contribution in [3.63, 3.8) is 0 Å². The molecule has 0 saturated carbocycles. The Labute approximate surface area is 369 Å². The lowest BCUT2D eigenvalue weighted by molar-refractivity contribution is 1.13. The quantitative estimate of drug-likeness (QED) is 0.169. The number of nitrogens with zero attached hydrogens (tertiary/aromatic N) is 4. The van der Waals surface area contributed by atoms with Crippen LogP contribution in [0.4, 0.5) is 0 Å². The van der Waals surface area contributed by atoms with Crippen molar-refractivity contribution < 1.29 is 0 Å². The number of hydrogen-bond acceptors (Lipinski definition) is 0. The Balaban J connectivity index is 0.000000129. The van der Waals surface area contributed by atoms with Crippen molar-refractivity contribution in [1.29, 1.82) is 0 Å². The molecule has 14 rings (SSSR count). The zero-order valence-electron chi connectivity index (χ0n) is 34.9. The van der Waals surface area contributed by atoms with Gasteiger partial charge in [0.25, 0.3) is 0 Å². The van der Waals surface area contributed by atoms with E-state index in [4.69, 9.17) is 0 Å². The van der Waals surface area contributed by atoms with Gasteiger partial charge in [-0.05, 0) is 84.9 Å². The molecule has 0 aliphatic carbocycles. The Hall–Kier alpha value is -8.60. The molecular weight excluding hydrogens is 777 g/mol. The summed E-state index contributed by atoms with van der Waals surface area (Å²) in [6, 6.07) is 87.1. The molecule has 0 aliphatic heterocycles. The van der Waals surface area contributed by atoms with Gasteiger partial charge in [0.15, 0.2) is 0 Å². The van der Waals surface area contributed by atoms with Crippen LogP contribution in [0.5, 0.6) is 0 Å². The summed E-state index contributed by atoms with van der Waals surface area (Å²) in [5, 5.41) is 10.3. The molecule has 64 heavy (non-hydrogen) atoms. The molecule has 0 atom stereocenters. The largest absolute Gasteiger partial charge is 0.309 e. The van der Waals surface area contributed by atoms with E-state index in [0.717, 1.165) is 0 Å². The van der Waals surface area contributed by atoms with E-state index in [9.17, 15) is 0 Å². The van der Waals surface area contributed by atoms with Crippen molar-refractivity contribution in [2.24, 2.45) is 0 Å². The summed E-state index contributed by atoms with van der Waals surface area (Å²) in [7, 11) is 0. The Morgan fingerprint density at radius 3 is 0.484 bits per heavy atom. The molecule has 4 heteroatoms. The predicted molar refractivity (Wildman–Crippen MR) is 270 cm³/mol. The molecule has 0 spiro atoms. The maximum Gasteiger partial charge on any atom is 0.0541 e. The maximum atomic E-state index is 2.38. The first-order valence-corrected chi connectivity index (χ1v) is 21.9. The second-order valence-corrected chi connectivity index (χ2v) is 16.5. The van der Waals surface area contributed by atoms with Gasteiger partial charge in [-0.15, -0.1) is 0 Å². The van der Waals surface area contributed by atoms with Crippen LogP contribution in [-0.4, -0.2) is 18.3 Å². The first kappa shape index (κ1) is 36.1. The summed E-state index contributed by atoms with van der Waals surface area (Å²) in [5.41, 5.74) is 14.5. The highest BCUT2D eigenvalue weighted by molar-refractivity contribution is 6.12. The second kappa shape index (κ2) is 14.5. The molecular formula is C60H40N4. The van der Waals surface area contributed by atoms with Crippen molar-refractivity contribution in [2.75, 3.05) is 0 Å². The minimum Gasteiger partial charge on any atom is -0.309 e. The lowest BCUT2D eigenvalue weighted by Gasteiger charge is -2.12. The molecule has 10 aromatic carbocycles. The van der Waals surface area contributed by atoms with E-state index in [-0.39, 0.29) is 0 Å². The fourth-order valence-electron chi connectivity index (χ4n) is 10.3. The van der Waals surface area contributed by atoms with Crippen LogP contribution >= 0.6 is 0 Å². The van der Waals surface area contributed by atoms with E-state index in [1.807, 2.05) is 0 Å². The Morgan fingerprint density at radius 1 is 0.156 bits per heavy atom. The average Bonchev–Trinajstić information content (AvgIpc) is 4.10. The van der Waals surface area contributed by atoms with Gasteiger partial charge in [-0.3, -0.25) is 0 Å². The Morgan fingerprint density at radius 2 is 0.312 bits per heavy atom. The summed E-state index contributed by atoms with van der Waals surface area (Å²) in [4.78, 5) is 0. The number of aromatic nitrogens is 4. The smallest absolute Gasteiger partial charge is 0.0541 e. The monoisotopic (exact) mass is 816 g/mol.